The summed E-state index contributed by atoms with van der Waals surface area (Å²) < 4.78 is 0. The summed E-state index contributed by atoms with van der Waals surface area (Å²) in [5.41, 5.74) is 4.36. The molecule has 0 amide bonds. The maximum Gasteiger partial charge on any atom is 0.327 e. The van der Waals surface area contributed by atoms with Crippen LogP contribution in [0, 0.1) is 0 Å². The van der Waals surface area contributed by atoms with Gasteiger partial charge in [0.25, 0.3) is 0 Å². The molecule has 14 heavy (non-hydrogen) atoms. The van der Waals surface area contributed by atoms with Gasteiger partial charge in [0.05, 0.1) is 0 Å². The molecule has 0 heterocycles. The Hall–Kier alpha value is -1.09. The van der Waals surface area contributed by atoms with Crippen LogP contribution in [0.5, 0.6) is 0 Å². The molecule has 0 radical (unpaired) electrons. The van der Waals surface area contributed by atoms with Crippen LogP contribution in [-0.2, 0) is 4.79 Å². The number of unbranched alkanes of at least 4 members (excludes halogenated alkanes) is 3. The molecule has 1 atom stereocenters. The van der Waals surface area contributed by atoms with Crippen LogP contribution in [0.3, 0.4) is 0 Å². The Balaban J connectivity index is 3.79. The first-order valence-electron chi connectivity index (χ1n) is 4.83. The Morgan fingerprint density at radius 1 is 1.36 bits per heavy atom. The molecule has 0 aliphatic rings. The molecule has 0 aromatic rings. The van der Waals surface area contributed by atoms with Crippen LogP contribution >= 0.6 is 0 Å². The van der Waals surface area contributed by atoms with Gasteiger partial charge in [-0.05, 0) is 19.3 Å². The second-order valence-corrected chi connectivity index (χ2v) is 3.44. The lowest BCUT2D eigenvalue weighted by Crippen LogP contribution is -2.45. The molecular weight excluding hydrogens is 178 g/mol. The highest BCUT2D eigenvalue weighted by atomic mass is 16.4. The lowest BCUT2D eigenvalue weighted by Gasteiger charge is -2.19. The molecule has 1 unspecified atom stereocenters. The molecule has 3 N–H and O–H groups in total. The highest BCUT2D eigenvalue weighted by Gasteiger charge is 2.29. The molecule has 0 fully saturated rings. The maximum absolute atomic E-state index is 10.8. The summed E-state index contributed by atoms with van der Waals surface area (Å²) in [4.78, 5) is 10.8. The van der Waals surface area contributed by atoms with E-state index in [9.17, 15) is 4.79 Å². The van der Waals surface area contributed by atoms with E-state index in [1.807, 2.05) is 6.08 Å². The minimum absolute atomic E-state index is 0.447. The van der Waals surface area contributed by atoms with Gasteiger partial charge in [0, 0.05) is 0 Å². The number of aliphatic carboxylic acids is 1. The third kappa shape index (κ3) is 4.23. The first-order valence-corrected chi connectivity index (χ1v) is 4.83. The van der Waals surface area contributed by atoms with E-state index in [0.29, 0.717) is 6.42 Å². The van der Waals surface area contributed by atoms with E-state index in [4.69, 9.17) is 10.8 Å². The highest BCUT2D eigenvalue weighted by Crippen LogP contribution is 2.14. The second kappa shape index (κ2) is 6.38. The van der Waals surface area contributed by atoms with Gasteiger partial charge in [0.15, 0.2) is 0 Å². The van der Waals surface area contributed by atoms with Gasteiger partial charge in [-0.2, -0.15) is 0 Å². The fourth-order valence-corrected chi connectivity index (χ4v) is 1.18. The molecule has 0 bridgehead atoms. The number of allylic oxidation sites excluding steroid dienone is 1. The standard InChI is InChI=1S/C11H19NO2/c1-3-5-6-7-8-9-11(12,4-2)10(13)14/h3-4H,1-2,5-9,12H2,(H,13,14). The quantitative estimate of drug-likeness (QED) is 0.462. The zero-order chi connectivity index (χ0) is 11.0. The van der Waals surface area contributed by atoms with Crippen LogP contribution < -0.4 is 5.73 Å². The van der Waals surface area contributed by atoms with Crippen molar-refractivity contribution in [3.8, 4) is 0 Å². The first kappa shape index (κ1) is 12.9. The molecule has 80 valence electrons. The summed E-state index contributed by atoms with van der Waals surface area (Å²) in [6.07, 6.45) is 7.41. The molecular formula is C11H19NO2. The van der Waals surface area contributed by atoms with Gasteiger partial charge in [0.1, 0.15) is 5.54 Å². The van der Waals surface area contributed by atoms with Crippen molar-refractivity contribution in [2.24, 2.45) is 5.73 Å². The van der Waals surface area contributed by atoms with Crippen LogP contribution in [0.1, 0.15) is 32.1 Å². The molecule has 0 aliphatic carbocycles. The average Bonchev–Trinajstić information content (AvgIpc) is 2.17. The molecule has 3 nitrogen and oxygen atoms in total. The molecule has 0 aliphatic heterocycles. The third-order valence-corrected chi connectivity index (χ3v) is 2.26. The molecule has 0 saturated heterocycles. The first-order chi connectivity index (χ1) is 6.56. The topological polar surface area (TPSA) is 63.3 Å². The maximum atomic E-state index is 10.8. The van der Waals surface area contributed by atoms with Gasteiger partial charge in [-0.25, -0.2) is 4.79 Å². The number of hydrogen-bond donors (Lipinski definition) is 2. The Kier molecular flexibility index (Phi) is 5.88. The van der Waals surface area contributed by atoms with Crippen molar-refractivity contribution in [3.63, 3.8) is 0 Å². The van der Waals surface area contributed by atoms with Gasteiger partial charge in [-0.1, -0.05) is 25.0 Å². The predicted octanol–water partition coefficient (Wildman–Crippen LogP) is 2.09. The largest absolute Gasteiger partial charge is 0.480 e. The molecule has 0 aromatic carbocycles. The number of nitrogens with two attached hydrogens (primary N) is 1. The number of carboxylic acid groups (broad SMARTS) is 1. The molecule has 0 rings (SSSR count). The summed E-state index contributed by atoms with van der Waals surface area (Å²) >= 11 is 0. The molecule has 3 heteroatoms. The van der Waals surface area contributed by atoms with Crippen molar-refractivity contribution in [2.45, 2.75) is 37.6 Å². The van der Waals surface area contributed by atoms with Crippen molar-refractivity contribution >= 4 is 5.97 Å². The van der Waals surface area contributed by atoms with Gasteiger partial charge in [-0.15, -0.1) is 13.2 Å². The smallest absolute Gasteiger partial charge is 0.327 e. The fourth-order valence-electron chi connectivity index (χ4n) is 1.18. The molecule has 0 aromatic heterocycles. The minimum atomic E-state index is -1.26. The number of hydrogen-bond acceptors (Lipinski definition) is 2. The van der Waals surface area contributed by atoms with Gasteiger partial charge < -0.3 is 10.8 Å². The Bertz CT molecular complexity index is 213. The summed E-state index contributed by atoms with van der Waals surface area (Å²) in [6, 6.07) is 0. The average molecular weight is 197 g/mol. The van der Waals surface area contributed by atoms with Crippen molar-refractivity contribution in [3.05, 3.63) is 25.3 Å². The van der Waals surface area contributed by atoms with E-state index in [-0.39, 0.29) is 0 Å². The number of rotatable bonds is 8. The Morgan fingerprint density at radius 3 is 2.43 bits per heavy atom. The summed E-state index contributed by atoms with van der Waals surface area (Å²) in [7, 11) is 0. The van der Waals surface area contributed by atoms with E-state index in [1.54, 1.807) is 0 Å². The van der Waals surface area contributed by atoms with Gasteiger partial charge in [-0.3, -0.25) is 0 Å². The van der Waals surface area contributed by atoms with Crippen molar-refractivity contribution in [1.29, 1.82) is 0 Å². The summed E-state index contributed by atoms with van der Waals surface area (Å²) in [5, 5.41) is 8.82. The summed E-state index contributed by atoms with van der Waals surface area (Å²) in [5.74, 6) is -1.00. The lowest BCUT2D eigenvalue weighted by atomic mass is 9.93. The van der Waals surface area contributed by atoms with Crippen LogP contribution in [0.2, 0.25) is 0 Å². The monoisotopic (exact) mass is 197 g/mol. The van der Waals surface area contributed by atoms with Crippen LogP contribution in [0.25, 0.3) is 0 Å². The zero-order valence-electron chi connectivity index (χ0n) is 8.54. The summed E-state index contributed by atoms with van der Waals surface area (Å²) in [6.45, 7) is 7.06. The number of carbonyl (C=O) groups is 1. The predicted molar refractivity (Wildman–Crippen MR) is 58.0 cm³/mol. The Morgan fingerprint density at radius 2 is 2.00 bits per heavy atom. The van der Waals surface area contributed by atoms with Gasteiger partial charge in [0.2, 0.25) is 0 Å². The van der Waals surface area contributed by atoms with E-state index in [0.717, 1.165) is 25.7 Å². The highest BCUT2D eigenvalue weighted by molar-refractivity contribution is 5.80. The Labute approximate surface area is 85.3 Å². The SMILES string of the molecule is C=CCCCCCC(N)(C=C)C(=O)O. The van der Waals surface area contributed by atoms with Crippen LogP contribution in [0.4, 0.5) is 0 Å². The molecule has 0 spiro atoms. The van der Waals surface area contributed by atoms with E-state index >= 15 is 0 Å². The van der Waals surface area contributed by atoms with Crippen molar-refractivity contribution in [2.75, 3.05) is 0 Å². The number of carboxylic acids is 1. The fraction of sp³-hybridized carbons (Fsp3) is 0.545. The third-order valence-electron chi connectivity index (χ3n) is 2.26. The lowest BCUT2D eigenvalue weighted by molar-refractivity contribution is -0.141. The normalized spacial score (nSPS) is 14.4. The van der Waals surface area contributed by atoms with E-state index in [2.05, 4.69) is 13.2 Å². The van der Waals surface area contributed by atoms with Crippen LogP contribution in [0.15, 0.2) is 25.3 Å². The van der Waals surface area contributed by atoms with E-state index in [1.165, 1.54) is 6.08 Å². The zero-order valence-corrected chi connectivity index (χ0v) is 8.54. The van der Waals surface area contributed by atoms with Crippen molar-refractivity contribution < 1.29 is 9.90 Å². The minimum Gasteiger partial charge on any atom is -0.480 e. The van der Waals surface area contributed by atoms with Crippen LogP contribution in [-0.4, -0.2) is 16.6 Å². The van der Waals surface area contributed by atoms with E-state index < -0.39 is 11.5 Å². The van der Waals surface area contributed by atoms with Gasteiger partial charge >= 0.3 is 5.97 Å². The van der Waals surface area contributed by atoms with Crippen molar-refractivity contribution in [1.82, 2.24) is 0 Å². The molecule has 0 saturated carbocycles. The second-order valence-electron chi connectivity index (χ2n) is 3.44.